The fourth-order valence-corrected chi connectivity index (χ4v) is 3.26. The maximum atomic E-state index is 12.4. The third-order valence-corrected chi connectivity index (χ3v) is 5.47. The summed E-state index contributed by atoms with van der Waals surface area (Å²) in [5.74, 6) is -0.397. The molecule has 21 heavy (non-hydrogen) atoms. The van der Waals surface area contributed by atoms with Gasteiger partial charge in [-0.05, 0) is 25.0 Å². The van der Waals surface area contributed by atoms with Crippen molar-refractivity contribution in [2.45, 2.75) is 30.2 Å². The van der Waals surface area contributed by atoms with Crippen molar-refractivity contribution in [1.82, 2.24) is 0 Å². The van der Waals surface area contributed by atoms with E-state index >= 15 is 0 Å². The monoisotopic (exact) mass is 312 g/mol. The van der Waals surface area contributed by atoms with Gasteiger partial charge in [-0.2, -0.15) is 0 Å². The number of amides is 1. The van der Waals surface area contributed by atoms with Crippen molar-refractivity contribution in [3.8, 4) is 0 Å². The molecule has 0 atom stereocenters. The number of nitrogens with two attached hydrogens (primary N) is 1. The van der Waals surface area contributed by atoms with Crippen LogP contribution in [0.1, 0.15) is 19.8 Å². The molecule has 2 rings (SSSR count). The number of ether oxygens (including phenoxy) is 1. The van der Waals surface area contributed by atoms with Crippen LogP contribution < -0.4 is 11.1 Å². The molecule has 1 aromatic rings. The van der Waals surface area contributed by atoms with Gasteiger partial charge in [-0.1, -0.05) is 19.1 Å². The summed E-state index contributed by atoms with van der Waals surface area (Å²) in [5.41, 5.74) is 5.37. The lowest BCUT2D eigenvalue weighted by molar-refractivity contribution is -0.124. The topological polar surface area (TPSA) is 98.5 Å². The Hall–Kier alpha value is -1.44. The van der Waals surface area contributed by atoms with E-state index in [1.54, 1.807) is 25.1 Å². The number of benzene rings is 1. The molecule has 116 valence electrons. The van der Waals surface area contributed by atoms with E-state index in [0.717, 1.165) is 0 Å². The van der Waals surface area contributed by atoms with E-state index in [0.29, 0.717) is 26.1 Å². The molecule has 1 fully saturated rings. The number of carbonyl (C=O) groups is 1. The summed E-state index contributed by atoms with van der Waals surface area (Å²) >= 11 is 0. The second kappa shape index (κ2) is 6.13. The van der Waals surface area contributed by atoms with Gasteiger partial charge in [0.05, 0.1) is 16.3 Å². The molecule has 0 radical (unpaired) electrons. The van der Waals surface area contributed by atoms with Crippen molar-refractivity contribution in [1.29, 1.82) is 0 Å². The summed E-state index contributed by atoms with van der Waals surface area (Å²) in [6.07, 6.45) is 0.836. The SMILES string of the molecule is CCS(=O)(=O)c1ccccc1NC(=O)C1(N)CCOCC1. The highest BCUT2D eigenvalue weighted by Gasteiger charge is 2.36. The zero-order valence-corrected chi connectivity index (χ0v) is 12.8. The van der Waals surface area contributed by atoms with Crippen LogP contribution in [0.4, 0.5) is 5.69 Å². The molecule has 1 aliphatic heterocycles. The van der Waals surface area contributed by atoms with Crippen LogP contribution in [0.2, 0.25) is 0 Å². The third kappa shape index (κ3) is 3.42. The van der Waals surface area contributed by atoms with Gasteiger partial charge in [-0.3, -0.25) is 4.79 Å². The highest BCUT2D eigenvalue weighted by Crippen LogP contribution is 2.25. The molecule has 3 N–H and O–H groups in total. The first kappa shape index (κ1) is 15.9. The van der Waals surface area contributed by atoms with Crippen molar-refractivity contribution >= 4 is 21.4 Å². The van der Waals surface area contributed by atoms with Crippen LogP contribution in [0, 0.1) is 0 Å². The molecule has 0 aliphatic carbocycles. The van der Waals surface area contributed by atoms with E-state index in [2.05, 4.69) is 5.32 Å². The van der Waals surface area contributed by atoms with Gasteiger partial charge in [0.25, 0.3) is 0 Å². The average molecular weight is 312 g/mol. The van der Waals surface area contributed by atoms with E-state index in [4.69, 9.17) is 10.5 Å². The van der Waals surface area contributed by atoms with Gasteiger partial charge >= 0.3 is 0 Å². The van der Waals surface area contributed by atoms with Gasteiger partial charge in [-0.25, -0.2) is 8.42 Å². The second-order valence-corrected chi connectivity index (χ2v) is 7.37. The maximum absolute atomic E-state index is 12.4. The van der Waals surface area contributed by atoms with Gasteiger partial charge in [0, 0.05) is 13.2 Å². The van der Waals surface area contributed by atoms with E-state index < -0.39 is 15.4 Å². The van der Waals surface area contributed by atoms with Crippen LogP contribution in [0.3, 0.4) is 0 Å². The Labute approximate surface area is 124 Å². The minimum absolute atomic E-state index is 0.0263. The molecule has 0 spiro atoms. The van der Waals surface area contributed by atoms with Crippen molar-refractivity contribution in [3.05, 3.63) is 24.3 Å². The first-order valence-electron chi connectivity index (χ1n) is 6.89. The number of anilines is 1. The fraction of sp³-hybridized carbons (Fsp3) is 0.500. The third-order valence-electron chi connectivity index (χ3n) is 3.69. The Balaban J connectivity index is 2.26. The molecular formula is C14H20N2O4S. The number of sulfone groups is 1. The molecular weight excluding hydrogens is 292 g/mol. The fourth-order valence-electron chi connectivity index (χ4n) is 2.21. The van der Waals surface area contributed by atoms with Crippen molar-refractivity contribution in [3.63, 3.8) is 0 Å². The molecule has 1 saturated heterocycles. The van der Waals surface area contributed by atoms with Gasteiger partial charge in [0.15, 0.2) is 9.84 Å². The molecule has 0 unspecified atom stereocenters. The zero-order valence-electron chi connectivity index (χ0n) is 12.0. The van der Waals surface area contributed by atoms with Gasteiger partial charge in [0.2, 0.25) is 5.91 Å². The van der Waals surface area contributed by atoms with E-state index in [9.17, 15) is 13.2 Å². The van der Waals surface area contributed by atoms with Crippen LogP contribution in [0.5, 0.6) is 0 Å². The summed E-state index contributed by atoms with van der Waals surface area (Å²) < 4.78 is 29.3. The standard InChI is InChI=1S/C14H20N2O4S/c1-2-21(18,19)12-6-4-3-5-11(12)16-13(17)14(15)7-9-20-10-8-14/h3-6H,2,7-10,15H2,1H3,(H,16,17). The number of rotatable bonds is 4. The smallest absolute Gasteiger partial charge is 0.244 e. The summed E-state index contributed by atoms with van der Waals surface area (Å²) in [6.45, 7) is 2.43. The number of hydrogen-bond donors (Lipinski definition) is 2. The number of hydrogen-bond acceptors (Lipinski definition) is 5. The van der Waals surface area contributed by atoms with E-state index in [1.165, 1.54) is 6.07 Å². The summed E-state index contributed by atoms with van der Waals surface area (Å²) in [5, 5.41) is 2.66. The van der Waals surface area contributed by atoms with Crippen LogP contribution in [0.15, 0.2) is 29.2 Å². The highest BCUT2D eigenvalue weighted by molar-refractivity contribution is 7.91. The molecule has 7 heteroatoms. The van der Waals surface area contributed by atoms with Crippen LogP contribution >= 0.6 is 0 Å². The Morgan fingerprint density at radius 3 is 2.57 bits per heavy atom. The molecule has 0 aromatic heterocycles. The van der Waals surface area contributed by atoms with Crippen molar-refractivity contribution in [2.75, 3.05) is 24.3 Å². The number of nitrogens with one attached hydrogen (secondary N) is 1. The lowest BCUT2D eigenvalue weighted by atomic mass is 9.90. The summed E-state index contributed by atoms with van der Waals surface area (Å²) in [6, 6.07) is 6.37. The lowest BCUT2D eigenvalue weighted by Gasteiger charge is -2.32. The average Bonchev–Trinajstić information content (AvgIpc) is 2.48. The molecule has 6 nitrogen and oxygen atoms in total. The highest BCUT2D eigenvalue weighted by atomic mass is 32.2. The molecule has 1 aliphatic rings. The number of para-hydroxylation sites is 1. The second-order valence-electron chi connectivity index (χ2n) is 5.12. The Morgan fingerprint density at radius 2 is 1.95 bits per heavy atom. The van der Waals surface area contributed by atoms with E-state index in [1.807, 2.05) is 0 Å². The van der Waals surface area contributed by atoms with Crippen LogP contribution in [-0.2, 0) is 19.4 Å². The number of carbonyl (C=O) groups excluding carboxylic acids is 1. The minimum Gasteiger partial charge on any atom is -0.381 e. The van der Waals surface area contributed by atoms with Gasteiger partial charge in [-0.15, -0.1) is 0 Å². The largest absolute Gasteiger partial charge is 0.381 e. The summed E-state index contributed by atoms with van der Waals surface area (Å²) in [7, 11) is -3.41. The predicted molar refractivity (Wildman–Crippen MR) is 79.8 cm³/mol. The first-order valence-corrected chi connectivity index (χ1v) is 8.54. The Morgan fingerprint density at radius 1 is 1.33 bits per heavy atom. The van der Waals surface area contributed by atoms with E-state index in [-0.39, 0.29) is 22.2 Å². The zero-order chi connectivity index (χ0) is 15.5. The van der Waals surface area contributed by atoms with Crippen LogP contribution in [0.25, 0.3) is 0 Å². The predicted octanol–water partition coefficient (Wildman–Crippen LogP) is 0.927. The van der Waals surface area contributed by atoms with Crippen LogP contribution in [-0.4, -0.2) is 38.8 Å². The maximum Gasteiger partial charge on any atom is 0.244 e. The minimum atomic E-state index is -3.41. The van der Waals surface area contributed by atoms with Gasteiger partial charge in [0.1, 0.15) is 5.54 Å². The Bertz CT molecular complexity index is 622. The molecule has 1 amide bonds. The molecule has 0 saturated carbocycles. The van der Waals surface area contributed by atoms with Crippen molar-refractivity contribution < 1.29 is 17.9 Å². The Kier molecular flexibility index (Phi) is 4.65. The van der Waals surface area contributed by atoms with Crippen molar-refractivity contribution in [2.24, 2.45) is 5.73 Å². The molecule has 0 bridgehead atoms. The first-order chi connectivity index (χ1) is 9.89. The summed E-state index contributed by atoms with van der Waals surface area (Å²) in [4.78, 5) is 12.5. The lowest BCUT2D eigenvalue weighted by Crippen LogP contribution is -2.54. The quantitative estimate of drug-likeness (QED) is 0.861. The molecule has 1 aromatic carbocycles. The normalized spacial score (nSPS) is 18.2. The van der Waals surface area contributed by atoms with Gasteiger partial charge < -0.3 is 15.8 Å². The molecule has 1 heterocycles.